The number of Topliss-reactive ketones (excluding diaryl/α,β-unsaturated/α-hetero) is 1. The van der Waals surface area contributed by atoms with Crippen LogP contribution in [0.4, 0.5) is 5.69 Å². The zero-order valence-electron chi connectivity index (χ0n) is 6.53. The predicted octanol–water partition coefficient (Wildman–Crippen LogP) is 1.13. The molecule has 2 heterocycles. The summed E-state index contributed by atoms with van der Waals surface area (Å²) in [6, 6.07) is 1.70. The highest BCUT2D eigenvalue weighted by Crippen LogP contribution is 2.29. The van der Waals surface area contributed by atoms with Gasteiger partial charge in [-0.3, -0.25) is 9.59 Å². The standard InChI is InChI=1S/C9H5NO2S/c1-2-5-7(11)8-6(3-4-13-8)10-9(5)12/h1,3-5H,(H,10,12). The van der Waals surface area contributed by atoms with Crippen LogP contribution >= 0.6 is 11.3 Å². The number of nitrogens with one attached hydrogen (secondary N) is 1. The van der Waals surface area contributed by atoms with Crippen molar-refractivity contribution in [3.63, 3.8) is 0 Å². The van der Waals surface area contributed by atoms with Gasteiger partial charge in [-0.05, 0) is 11.4 Å². The Bertz CT molecular complexity index is 427. The molecular weight excluding hydrogens is 186 g/mol. The number of hydrogen-bond acceptors (Lipinski definition) is 3. The van der Waals surface area contributed by atoms with Gasteiger partial charge >= 0.3 is 0 Å². The lowest BCUT2D eigenvalue weighted by Gasteiger charge is -2.16. The third-order valence-corrected chi connectivity index (χ3v) is 2.77. The first-order valence-electron chi connectivity index (χ1n) is 3.62. The summed E-state index contributed by atoms with van der Waals surface area (Å²) in [7, 11) is 0. The van der Waals surface area contributed by atoms with Crippen LogP contribution in [0.2, 0.25) is 0 Å². The second-order valence-electron chi connectivity index (χ2n) is 2.62. The second-order valence-corrected chi connectivity index (χ2v) is 3.53. The van der Waals surface area contributed by atoms with Gasteiger partial charge in [-0.2, -0.15) is 0 Å². The Labute approximate surface area is 78.8 Å². The van der Waals surface area contributed by atoms with E-state index in [1.54, 1.807) is 11.4 Å². The van der Waals surface area contributed by atoms with E-state index < -0.39 is 11.8 Å². The molecule has 1 N–H and O–H groups in total. The van der Waals surface area contributed by atoms with Crippen molar-refractivity contribution in [2.75, 3.05) is 5.32 Å². The maximum absolute atomic E-state index is 11.5. The molecule has 1 atom stereocenters. The smallest absolute Gasteiger partial charge is 0.247 e. The van der Waals surface area contributed by atoms with Gasteiger partial charge < -0.3 is 5.32 Å². The van der Waals surface area contributed by atoms with E-state index in [1.807, 2.05) is 0 Å². The van der Waals surface area contributed by atoms with Crippen LogP contribution in [0.25, 0.3) is 0 Å². The third-order valence-electron chi connectivity index (χ3n) is 1.84. The van der Waals surface area contributed by atoms with Crippen LogP contribution < -0.4 is 5.32 Å². The Hall–Kier alpha value is -1.60. The average Bonchev–Trinajstić information content (AvgIpc) is 2.53. The molecule has 2 rings (SSSR count). The number of thiophene rings is 1. The molecule has 0 aliphatic carbocycles. The van der Waals surface area contributed by atoms with E-state index in [9.17, 15) is 9.59 Å². The van der Waals surface area contributed by atoms with Crippen molar-refractivity contribution in [2.24, 2.45) is 5.92 Å². The highest BCUT2D eigenvalue weighted by molar-refractivity contribution is 7.13. The molecule has 0 saturated carbocycles. The van der Waals surface area contributed by atoms with Gasteiger partial charge in [-0.25, -0.2) is 0 Å². The SMILES string of the molecule is C#CC1C(=O)Nc2ccsc2C1=O. The van der Waals surface area contributed by atoms with Crippen molar-refractivity contribution in [1.82, 2.24) is 0 Å². The molecule has 1 amide bonds. The molecule has 0 aromatic carbocycles. The molecule has 0 bridgehead atoms. The fourth-order valence-corrected chi connectivity index (χ4v) is 2.03. The molecule has 0 spiro atoms. The zero-order chi connectivity index (χ0) is 9.42. The summed E-state index contributed by atoms with van der Waals surface area (Å²) in [6.07, 6.45) is 5.08. The first-order valence-corrected chi connectivity index (χ1v) is 4.50. The van der Waals surface area contributed by atoms with Gasteiger partial charge in [0.25, 0.3) is 0 Å². The average molecular weight is 191 g/mol. The van der Waals surface area contributed by atoms with Crippen LogP contribution in [0.15, 0.2) is 11.4 Å². The number of anilines is 1. The maximum Gasteiger partial charge on any atom is 0.247 e. The van der Waals surface area contributed by atoms with Gasteiger partial charge in [0.15, 0.2) is 11.7 Å². The lowest BCUT2D eigenvalue weighted by molar-refractivity contribution is -0.117. The van der Waals surface area contributed by atoms with Crippen LogP contribution in [-0.4, -0.2) is 11.7 Å². The Morgan fingerprint density at radius 1 is 1.54 bits per heavy atom. The first-order chi connectivity index (χ1) is 6.24. The molecule has 0 fully saturated rings. The normalized spacial score (nSPS) is 20.4. The molecular formula is C9H5NO2S. The molecule has 4 heteroatoms. The number of hydrogen-bond donors (Lipinski definition) is 1. The molecule has 3 nitrogen and oxygen atoms in total. The summed E-state index contributed by atoms with van der Waals surface area (Å²) in [4.78, 5) is 23.3. The minimum Gasteiger partial charge on any atom is -0.323 e. The van der Waals surface area contributed by atoms with Gasteiger partial charge in [0, 0.05) is 0 Å². The van der Waals surface area contributed by atoms with Crippen molar-refractivity contribution in [1.29, 1.82) is 0 Å². The Balaban J connectivity index is 2.53. The summed E-state index contributed by atoms with van der Waals surface area (Å²) in [5.41, 5.74) is 0.575. The lowest BCUT2D eigenvalue weighted by atomic mass is 9.99. The number of ketones is 1. The highest BCUT2D eigenvalue weighted by Gasteiger charge is 2.33. The third kappa shape index (κ3) is 1.05. The maximum atomic E-state index is 11.5. The number of amides is 1. The Morgan fingerprint density at radius 2 is 2.31 bits per heavy atom. The molecule has 1 aliphatic rings. The van der Waals surface area contributed by atoms with Crippen LogP contribution in [0.1, 0.15) is 9.67 Å². The van der Waals surface area contributed by atoms with E-state index >= 15 is 0 Å². The highest BCUT2D eigenvalue weighted by atomic mass is 32.1. The monoisotopic (exact) mass is 191 g/mol. The number of fused-ring (bicyclic) bond motifs is 1. The van der Waals surface area contributed by atoms with Gasteiger partial charge in [0.05, 0.1) is 10.6 Å². The summed E-state index contributed by atoms with van der Waals surface area (Å²) in [5, 5.41) is 4.33. The molecule has 1 aliphatic heterocycles. The minimum atomic E-state index is -0.953. The van der Waals surface area contributed by atoms with Crippen molar-refractivity contribution >= 4 is 28.7 Å². The van der Waals surface area contributed by atoms with Crippen molar-refractivity contribution in [3.8, 4) is 12.3 Å². The molecule has 1 aromatic heterocycles. The van der Waals surface area contributed by atoms with E-state index in [0.29, 0.717) is 10.6 Å². The van der Waals surface area contributed by atoms with Gasteiger partial charge in [-0.15, -0.1) is 17.8 Å². The van der Waals surface area contributed by atoms with Crippen LogP contribution in [0.5, 0.6) is 0 Å². The fourth-order valence-electron chi connectivity index (χ4n) is 1.20. The number of carbonyl (C=O) groups is 2. The lowest BCUT2D eigenvalue weighted by Crippen LogP contribution is -2.33. The molecule has 0 saturated heterocycles. The predicted molar refractivity (Wildman–Crippen MR) is 49.6 cm³/mol. The van der Waals surface area contributed by atoms with E-state index in [1.165, 1.54) is 11.3 Å². The quantitative estimate of drug-likeness (QED) is 0.493. The Kier molecular flexibility index (Phi) is 1.67. The Morgan fingerprint density at radius 3 is 3.00 bits per heavy atom. The summed E-state index contributed by atoms with van der Waals surface area (Å²) >= 11 is 1.29. The topological polar surface area (TPSA) is 46.2 Å². The zero-order valence-corrected chi connectivity index (χ0v) is 7.35. The van der Waals surface area contributed by atoms with Crippen molar-refractivity contribution in [3.05, 3.63) is 16.3 Å². The molecule has 0 radical (unpaired) electrons. The summed E-state index contributed by atoms with van der Waals surface area (Å²) in [6.45, 7) is 0. The van der Waals surface area contributed by atoms with E-state index in [4.69, 9.17) is 6.42 Å². The number of carbonyl (C=O) groups excluding carboxylic acids is 2. The van der Waals surface area contributed by atoms with Gasteiger partial charge in [-0.1, -0.05) is 5.92 Å². The number of terminal acetylenes is 1. The van der Waals surface area contributed by atoms with Gasteiger partial charge in [0.1, 0.15) is 0 Å². The molecule has 13 heavy (non-hydrogen) atoms. The van der Waals surface area contributed by atoms with E-state index in [0.717, 1.165) is 0 Å². The van der Waals surface area contributed by atoms with E-state index in [-0.39, 0.29) is 5.78 Å². The number of rotatable bonds is 0. The fraction of sp³-hybridized carbons (Fsp3) is 0.111. The molecule has 1 aromatic rings. The van der Waals surface area contributed by atoms with Crippen LogP contribution in [0, 0.1) is 18.3 Å². The van der Waals surface area contributed by atoms with E-state index in [2.05, 4.69) is 11.2 Å². The van der Waals surface area contributed by atoms with Crippen LogP contribution in [0.3, 0.4) is 0 Å². The summed E-state index contributed by atoms with van der Waals surface area (Å²) < 4.78 is 0. The minimum absolute atomic E-state index is 0.267. The molecule has 1 unspecified atom stereocenters. The van der Waals surface area contributed by atoms with Crippen molar-refractivity contribution < 1.29 is 9.59 Å². The first kappa shape index (κ1) is 8.02. The largest absolute Gasteiger partial charge is 0.323 e. The van der Waals surface area contributed by atoms with Crippen molar-refractivity contribution in [2.45, 2.75) is 0 Å². The molecule has 64 valence electrons. The second kappa shape index (κ2) is 2.71. The van der Waals surface area contributed by atoms with Gasteiger partial charge in [0.2, 0.25) is 5.91 Å². The summed E-state index contributed by atoms with van der Waals surface area (Å²) in [5.74, 6) is 0.555. The van der Waals surface area contributed by atoms with Crippen LogP contribution in [-0.2, 0) is 4.79 Å².